The first-order chi connectivity index (χ1) is 16.0. The lowest BCUT2D eigenvalue weighted by Crippen LogP contribution is -2.12. The van der Waals surface area contributed by atoms with Gasteiger partial charge in [-0.15, -0.1) is 0 Å². The largest absolute Gasteiger partial charge is 0.508 e. The highest BCUT2D eigenvalue weighted by Gasteiger charge is 2.05. The third-order valence-corrected chi connectivity index (χ3v) is 4.61. The van der Waals surface area contributed by atoms with Gasteiger partial charge in [0.15, 0.2) is 0 Å². The molecule has 3 aromatic carbocycles. The minimum absolute atomic E-state index is 0.189. The van der Waals surface area contributed by atoms with E-state index in [2.05, 4.69) is 55.6 Å². The Morgan fingerprint density at radius 1 is 0.909 bits per heavy atom. The van der Waals surface area contributed by atoms with Gasteiger partial charge in [0, 0.05) is 18.0 Å². The van der Waals surface area contributed by atoms with Crippen molar-refractivity contribution in [3.63, 3.8) is 0 Å². The Morgan fingerprint density at radius 2 is 1.45 bits per heavy atom. The van der Waals surface area contributed by atoms with Crippen molar-refractivity contribution in [3.05, 3.63) is 101 Å². The van der Waals surface area contributed by atoms with Gasteiger partial charge < -0.3 is 10.4 Å². The van der Waals surface area contributed by atoms with Crippen molar-refractivity contribution in [1.82, 2.24) is 5.32 Å². The zero-order valence-corrected chi connectivity index (χ0v) is 20.2. The Labute approximate surface area is 202 Å². The lowest BCUT2D eigenvalue weighted by Gasteiger charge is -2.01. The van der Waals surface area contributed by atoms with Gasteiger partial charge in [-0.25, -0.2) is 0 Å². The van der Waals surface area contributed by atoms with Crippen molar-refractivity contribution in [3.8, 4) is 11.8 Å². The van der Waals surface area contributed by atoms with E-state index in [1.807, 2.05) is 24.3 Å². The summed E-state index contributed by atoms with van der Waals surface area (Å²) in [5, 5.41) is 20.5. The predicted molar refractivity (Wildman–Crippen MR) is 136 cm³/mol. The zero-order valence-electron chi connectivity index (χ0n) is 19.4. The molecule has 1 amide bonds. The first-order valence-electron chi connectivity index (χ1n) is 11.2. The number of aryl methyl sites for hydroxylation is 2. The van der Waals surface area contributed by atoms with Crippen molar-refractivity contribution >= 4 is 17.5 Å². The normalized spacial score (nSPS) is 11.3. The zero-order chi connectivity index (χ0) is 24.3. The van der Waals surface area contributed by atoms with Crippen molar-refractivity contribution in [1.29, 1.82) is 5.26 Å². The Kier molecular flexibility index (Phi) is 14.5. The first-order valence-corrected chi connectivity index (χ1v) is 11.6. The lowest BCUT2D eigenvalue weighted by atomic mass is 10.0. The van der Waals surface area contributed by atoms with Crippen LogP contribution in [-0.4, -0.2) is 17.6 Å². The minimum atomic E-state index is 0.189. The number of amides is 1. The van der Waals surface area contributed by atoms with E-state index >= 15 is 0 Å². The van der Waals surface area contributed by atoms with E-state index in [1.165, 1.54) is 29.7 Å². The molecule has 0 unspecified atom stereocenters. The summed E-state index contributed by atoms with van der Waals surface area (Å²) in [6, 6.07) is 26.6. The molecule has 0 saturated carbocycles. The number of hydrogen-bond acceptors (Lipinski definition) is 3. The monoisotopic (exact) mass is 464 g/mol. The van der Waals surface area contributed by atoms with Crippen LogP contribution in [0.5, 0.6) is 5.75 Å². The molecule has 4 rings (SSSR count). The highest BCUT2D eigenvalue weighted by atomic mass is 35.5. The molecular weight excluding hydrogens is 432 g/mol. The molecule has 1 saturated heterocycles. The summed E-state index contributed by atoms with van der Waals surface area (Å²) in [6.07, 6.45) is 5.17. The molecule has 1 aliphatic heterocycles. The number of phenols is 1. The molecule has 4 nitrogen and oxygen atoms in total. The standard InChI is InChI=1S/C14H13Cl.C7H5NO.C4H7NO.C3H8/c15-14-10-8-13(9-11-14)7-6-12-4-2-1-3-5-12;8-5-6-1-3-7(9)4-2-6;6-4-2-1-3-5-4;1-3-2/h1-5,8-11H,6-7H2;1-4,9H;1-3H2,(H,5,6);3H2,1-2H3. The molecule has 1 fully saturated rings. The fourth-order valence-corrected chi connectivity index (χ4v) is 2.81. The van der Waals surface area contributed by atoms with Crippen molar-refractivity contribution in [2.45, 2.75) is 46.0 Å². The molecule has 0 atom stereocenters. The molecule has 0 spiro atoms. The quantitative estimate of drug-likeness (QED) is 0.452. The first kappa shape index (κ1) is 27.7. The van der Waals surface area contributed by atoms with E-state index < -0.39 is 0 Å². The van der Waals surface area contributed by atoms with E-state index in [0.29, 0.717) is 5.56 Å². The maximum absolute atomic E-state index is 10.1. The van der Waals surface area contributed by atoms with Crippen LogP contribution >= 0.6 is 11.6 Å². The van der Waals surface area contributed by atoms with E-state index in [9.17, 15) is 4.79 Å². The number of phenolic OH excluding ortho intramolecular Hbond substituents is 1. The third kappa shape index (κ3) is 13.7. The van der Waals surface area contributed by atoms with Crippen LogP contribution in [0, 0.1) is 11.3 Å². The lowest BCUT2D eigenvalue weighted by molar-refractivity contribution is -0.119. The van der Waals surface area contributed by atoms with E-state index in [4.69, 9.17) is 22.0 Å². The number of halogens is 1. The fraction of sp³-hybridized carbons (Fsp3) is 0.286. The molecule has 3 aromatic rings. The molecular formula is C28H33ClN2O2. The average Bonchev–Trinajstić information content (AvgIpc) is 3.32. The smallest absolute Gasteiger partial charge is 0.220 e. The van der Waals surface area contributed by atoms with Crippen LogP contribution in [0.2, 0.25) is 5.02 Å². The SMILES string of the molecule is CCC.Clc1ccc(CCc2ccccc2)cc1.N#Cc1ccc(O)cc1.O=C1CCCN1. The van der Waals surface area contributed by atoms with Crippen molar-refractivity contribution < 1.29 is 9.90 Å². The molecule has 5 heteroatoms. The number of carbonyl (C=O) groups excluding carboxylic acids is 1. The molecule has 0 radical (unpaired) electrons. The maximum Gasteiger partial charge on any atom is 0.220 e. The minimum Gasteiger partial charge on any atom is -0.508 e. The van der Waals surface area contributed by atoms with Gasteiger partial charge in [-0.1, -0.05) is 74.3 Å². The topological polar surface area (TPSA) is 73.1 Å². The Bertz CT molecular complexity index is 942. The van der Waals surface area contributed by atoms with Gasteiger partial charge in [-0.2, -0.15) is 5.26 Å². The Balaban J connectivity index is 0.000000256. The van der Waals surface area contributed by atoms with Gasteiger partial charge in [0.2, 0.25) is 5.91 Å². The van der Waals surface area contributed by atoms with E-state index in [-0.39, 0.29) is 11.7 Å². The number of nitrogens with zero attached hydrogens (tertiary/aromatic N) is 1. The number of aromatic hydroxyl groups is 1. The molecule has 174 valence electrons. The number of hydrogen-bond donors (Lipinski definition) is 2. The Hall–Kier alpha value is -3.29. The number of rotatable bonds is 3. The average molecular weight is 465 g/mol. The number of benzene rings is 3. The van der Waals surface area contributed by atoms with Crippen LogP contribution in [0.25, 0.3) is 0 Å². The van der Waals surface area contributed by atoms with Gasteiger partial charge in [0.05, 0.1) is 11.6 Å². The summed E-state index contributed by atoms with van der Waals surface area (Å²) in [7, 11) is 0. The molecule has 1 aliphatic rings. The molecule has 33 heavy (non-hydrogen) atoms. The molecule has 0 aliphatic carbocycles. The van der Waals surface area contributed by atoms with Gasteiger partial charge in [-0.05, 0) is 66.8 Å². The predicted octanol–water partition coefficient (Wildman–Crippen LogP) is 6.70. The van der Waals surface area contributed by atoms with Crippen molar-refractivity contribution in [2.24, 2.45) is 0 Å². The number of nitriles is 1. The van der Waals surface area contributed by atoms with Gasteiger partial charge in [0.1, 0.15) is 5.75 Å². The summed E-state index contributed by atoms with van der Waals surface area (Å²) in [5.41, 5.74) is 3.28. The third-order valence-electron chi connectivity index (χ3n) is 4.36. The molecule has 1 heterocycles. The van der Waals surface area contributed by atoms with Crippen LogP contribution in [0.4, 0.5) is 0 Å². The second-order valence-electron chi connectivity index (χ2n) is 7.43. The van der Waals surface area contributed by atoms with E-state index in [0.717, 1.165) is 37.3 Å². The van der Waals surface area contributed by atoms with Crippen molar-refractivity contribution in [2.75, 3.05) is 6.54 Å². The van der Waals surface area contributed by atoms with Gasteiger partial charge in [-0.3, -0.25) is 4.79 Å². The summed E-state index contributed by atoms with van der Waals surface area (Å²) >= 11 is 5.83. The fourth-order valence-electron chi connectivity index (χ4n) is 2.69. The van der Waals surface area contributed by atoms with Gasteiger partial charge >= 0.3 is 0 Å². The number of carbonyl (C=O) groups is 1. The maximum atomic E-state index is 10.1. The summed E-state index contributed by atoms with van der Waals surface area (Å²) in [4.78, 5) is 10.1. The summed E-state index contributed by atoms with van der Waals surface area (Å²) in [5.74, 6) is 0.393. The molecule has 0 bridgehead atoms. The Morgan fingerprint density at radius 3 is 1.88 bits per heavy atom. The molecule has 2 N–H and O–H groups in total. The van der Waals surface area contributed by atoms with Crippen LogP contribution in [-0.2, 0) is 17.6 Å². The summed E-state index contributed by atoms with van der Waals surface area (Å²) < 4.78 is 0. The highest BCUT2D eigenvalue weighted by molar-refractivity contribution is 6.30. The van der Waals surface area contributed by atoms with Gasteiger partial charge in [0.25, 0.3) is 0 Å². The second-order valence-corrected chi connectivity index (χ2v) is 7.87. The van der Waals surface area contributed by atoms with Crippen LogP contribution in [0.3, 0.4) is 0 Å². The van der Waals surface area contributed by atoms with E-state index in [1.54, 1.807) is 12.1 Å². The molecule has 0 aromatic heterocycles. The van der Waals surface area contributed by atoms with Crippen LogP contribution in [0.15, 0.2) is 78.9 Å². The summed E-state index contributed by atoms with van der Waals surface area (Å²) in [6.45, 7) is 5.14. The van der Waals surface area contributed by atoms with Crippen LogP contribution in [0.1, 0.15) is 49.8 Å². The second kappa shape index (κ2) is 17.3. The van der Waals surface area contributed by atoms with Crippen LogP contribution < -0.4 is 5.32 Å². The number of nitrogens with one attached hydrogen (secondary N) is 1. The highest BCUT2D eigenvalue weighted by Crippen LogP contribution is 2.12.